The number of alkyl halides is 2. The molecule has 14 heavy (non-hydrogen) atoms. The van der Waals surface area contributed by atoms with E-state index < -0.39 is 23.5 Å². The van der Waals surface area contributed by atoms with E-state index in [1.807, 2.05) is 0 Å². The highest BCUT2D eigenvalue weighted by Crippen LogP contribution is 2.30. The fraction of sp³-hybridized carbons (Fsp3) is 0.143. The number of nitrogens with zero attached hydrogens (tertiary/aromatic N) is 1. The van der Waals surface area contributed by atoms with Crippen LogP contribution in [-0.2, 0) is 0 Å². The first-order valence-corrected chi connectivity index (χ1v) is 4.48. The summed E-state index contributed by atoms with van der Waals surface area (Å²) in [6, 6.07) is 0. The molecule has 0 aromatic carbocycles. The van der Waals surface area contributed by atoms with Crippen LogP contribution in [0.5, 0.6) is 0 Å². The van der Waals surface area contributed by atoms with E-state index in [0.717, 1.165) is 6.20 Å². The van der Waals surface area contributed by atoms with E-state index in [0.29, 0.717) is 0 Å². The Bertz CT molecular complexity index is 384. The Morgan fingerprint density at radius 1 is 1.64 bits per heavy atom. The Hall–Kier alpha value is -0.990. The van der Waals surface area contributed by atoms with Crippen molar-refractivity contribution in [3.63, 3.8) is 0 Å². The van der Waals surface area contributed by atoms with Crippen molar-refractivity contribution in [2.24, 2.45) is 0 Å². The van der Waals surface area contributed by atoms with Crippen molar-refractivity contribution in [3.8, 4) is 0 Å². The molecule has 1 aromatic heterocycles. The molecule has 0 amide bonds. The van der Waals surface area contributed by atoms with Crippen LogP contribution in [0.4, 0.5) is 14.5 Å². The largest absolute Gasteiger partial charge is 0.478 e. The van der Waals surface area contributed by atoms with Crippen molar-refractivity contribution < 1.29 is 18.7 Å². The molecule has 0 fully saturated rings. The highest BCUT2D eigenvalue weighted by atomic mass is 127. The average molecular weight is 314 g/mol. The second-order valence-electron chi connectivity index (χ2n) is 2.40. The van der Waals surface area contributed by atoms with E-state index >= 15 is 0 Å². The predicted octanol–water partition coefficient (Wildman–Crippen LogP) is 1.90. The molecule has 0 atom stereocenters. The standard InChI is InChI=1S/C7H5F2IN2O2/c8-5(9)3-2(11)1-12-6(10)4(3)7(13)14/h1,5H,11H2,(H,13,14). The van der Waals surface area contributed by atoms with Gasteiger partial charge in [0.15, 0.2) is 0 Å². The fourth-order valence-electron chi connectivity index (χ4n) is 0.954. The smallest absolute Gasteiger partial charge is 0.338 e. The quantitative estimate of drug-likeness (QED) is 0.646. The Balaban J connectivity index is 3.50. The molecule has 0 saturated heterocycles. The van der Waals surface area contributed by atoms with Crippen LogP contribution < -0.4 is 5.73 Å². The normalized spacial score (nSPS) is 10.6. The first-order valence-electron chi connectivity index (χ1n) is 3.40. The molecule has 4 nitrogen and oxygen atoms in total. The number of nitrogen functional groups attached to an aromatic ring is 1. The number of anilines is 1. The van der Waals surface area contributed by atoms with Gasteiger partial charge in [-0.15, -0.1) is 0 Å². The molecule has 0 unspecified atom stereocenters. The van der Waals surface area contributed by atoms with Gasteiger partial charge in [0.05, 0.1) is 17.4 Å². The minimum atomic E-state index is -2.92. The highest BCUT2D eigenvalue weighted by molar-refractivity contribution is 14.1. The lowest BCUT2D eigenvalue weighted by atomic mass is 10.1. The number of carboxylic acids is 1. The second-order valence-corrected chi connectivity index (χ2v) is 3.42. The van der Waals surface area contributed by atoms with Gasteiger partial charge < -0.3 is 10.8 Å². The van der Waals surface area contributed by atoms with Gasteiger partial charge in [0.1, 0.15) is 9.26 Å². The number of aromatic nitrogens is 1. The van der Waals surface area contributed by atoms with E-state index in [-0.39, 0.29) is 9.39 Å². The predicted molar refractivity (Wildman–Crippen MR) is 53.3 cm³/mol. The molecule has 0 bridgehead atoms. The number of carboxylic acid groups (broad SMARTS) is 1. The lowest BCUT2D eigenvalue weighted by Gasteiger charge is -2.08. The zero-order valence-electron chi connectivity index (χ0n) is 6.67. The summed E-state index contributed by atoms with van der Waals surface area (Å²) in [4.78, 5) is 14.3. The Labute approximate surface area is 91.3 Å². The lowest BCUT2D eigenvalue weighted by Crippen LogP contribution is -2.10. The average Bonchev–Trinajstić information content (AvgIpc) is 2.07. The number of halogens is 3. The van der Waals surface area contributed by atoms with Gasteiger partial charge >= 0.3 is 5.97 Å². The molecule has 3 N–H and O–H groups in total. The van der Waals surface area contributed by atoms with Crippen LogP contribution in [-0.4, -0.2) is 16.1 Å². The van der Waals surface area contributed by atoms with Crippen LogP contribution in [0.1, 0.15) is 22.3 Å². The number of aromatic carboxylic acids is 1. The van der Waals surface area contributed by atoms with Crippen LogP contribution in [0, 0.1) is 3.70 Å². The van der Waals surface area contributed by atoms with E-state index in [1.165, 1.54) is 0 Å². The summed E-state index contributed by atoms with van der Waals surface area (Å²) >= 11 is 1.57. The maximum atomic E-state index is 12.5. The summed E-state index contributed by atoms with van der Waals surface area (Å²) in [7, 11) is 0. The molecule has 0 aliphatic rings. The van der Waals surface area contributed by atoms with Gasteiger partial charge in [0.2, 0.25) is 0 Å². The Morgan fingerprint density at radius 2 is 2.21 bits per heavy atom. The van der Waals surface area contributed by atoms with Crippen LogP contribution in [0.25, 0.3) is 0 Å². The summed E-state index contributed by atoms with van der Waals surface area (Å²) in [5.74, 6) is -1.45. The molecule has 1 aromatic rings. The van der Waals surface area contributed by atoms with Gasteiger partial charge in [-0.25, -0.2) is 18.6 Å². The van der Waals surface area contributed by atoms with Crippen LogP contribution >= 0.6 is 22.6 Å². The van der Waals surface area contributed by atoms with Crippen molar-refractivity contribution in [2.75, 3.05) is 5.73 Å². The molecule has 1 rings (SSSR count). The molecular formula is C7H5F2IN2O2. The van der Waals surface area contributed by atoms with Crippen LogP contribution in [0.2, 0.25) is 0 Å². The van der Waals surface area contributed by atoms with Crippen molar-refractivity contribution in [3.05, 3.63) is 21.0 Å². The van der Waals surface area contributed by atoms with Crippen molar-refractivity contribution >= 4 is 34.2 Å². The molecule has 0 aliphatic carbocycles. The van der Waals surface area contributed by atoms with Gasteiger partial charge in [0, 0.05) is 0 Å². The molecule has 1 heterocycles. The number of hydrogen-bond donors (Lipinski definition) is 2. The number of carbonyl (C=O) groups is 1. The van der Waals surface area contributed by atoms with Crippen molar-refractivity contribution in [1.29, 1.82) is 0 Å². The zero-order valence-corrected chi connectivity index (χ0v) is 8.83. The summed E-state index contributed by atoms with van der Waals surface area (Å²) in [6.45, 7) is 0. The highest BCUT2D eigenvalue weighted by Gasteiger charge is 2.24. The molecule has 7 heteroatoms. The third-order valence-corrected chi connectivity index (χ3v) is 2.35. The summed E-state index contributed by atoms with van der Waals surface area (Å²) < 4.78 is 24.9. The lowest BCUT2D eigenvalue weighted by molar-refractivity contribution is 0.0683. The molecular weight excluding hydrogens is 309 g/mol. The zero-order chi connectivity index (χ0) is 10.9. The first-order chi connectivity index (χ1) is 6.45. The minimum absolute atomic E-state index is 0.000370. The van der Waals surface area contributed by atoms with Gasteiger partial charge in [-0.2, -0.15) is 0 Å². The summed E-state index contributed by atoms with van der Waals surface area (Å²) in [5.41, 5.74) is 3.72. The Morgan fingerprint density at radius 3 is 2.57 bits per heavy atom. The van der Waals surface area contributed by atoms with Gasteiger partial charge in [-0.1, -0.05) is 0 Å². The number of pyridine rings is 1. The molecule has 0 spiro atoms. The van der Waals surface area contributed by atoms with Crippen LogP contribution in [0.15, 0.2) is 6.20 Å². The fourth-order valence-corrected chi connectivity index (χ4v) is 1.61. The van der Waals surface area contributed by atoms with Gasteiger partial charge in [-0.3, -0.25) is 0 Å². The first kappa shape index (κ1) is 11.1. The monoisotopic (exact) mass is 314 g/mol. The van der Waals surface area contributed by atoms with Crippen molar-refractivity contribution in [1.82, 2.24) is 4.98 Å². The molecule has 76 valence electrons. The number of rotatable bonds is 2. The topological polar surface area (TPSA) is 76.2 Å². The molecule has 0 saturated carbocycles. The summed E-state index contributed by atoms with van der Waals surface area (Å²) in [6.07, 6.45) is -1.90. The van der Waals surface area contributed by atoms with Gasteiger partial charge in [0.25, 0.3) is 6.43 Å². The molecule has 0 radical (unpaired) electrons. The van der Waals surface area contributed by atoms with Crippen molar-refractivity contribution in [2.45, 2.75) is 6.43 Å². The third kappa shape index (κ3) is 1.91. The molecule has 0 aliphatic heterocycles. The SMILES string of the molecule is Nc1cnc(I)c(C(=O)O)c1C(F)F. The number of nitrogens with two attached hydrogens (primary N) is 1. The summed E-state index contributed by atoms with van der Waals surface area (Å²) in [5, 5.41) is 8.69. The van der Waals surface area contributed by atoms with Gasteiger partial charge in [-0.05, 0) is 22.6 Å². The van der Waals surface area contributed by atoms with E-state index in [4.69, 9.17) is 10.8 Å². The van der Waals surface area contributed by atoms with E-state index in [1.54, 1.807) is 22.6 Å². The van der Waals surface area contributed by atoms with Crippen LogP contribution in [0.3, 0.4) is 0 Å². The Kier molecular flexibility index (Phi) is 3.19. The third-order valence-electron chi connectivity index (χ3n) is 1.54. The minimum Gasteiger partial charge on any atom is -0.478 e. The maximum absolute atomic E-state index is 12.5. The van der Waals surface area contributed by atoms with E-state index in [9.17, 15) is 13.6 Å². The maximum Gasteiger partial charge on any atom is 0.338 e. The number of hydrogen-bond acceptors (Lipinski definition) is 3. The van der Waals surface area contributed by atoms with E-state index in [2.05, 4.69) is 4.98 Å². The second kappa shape index (κ2) is 4.03.